The van der Waals surface area contributed by atoms with Gasteiger partial charge in [-0.1, -0.05) is 137 Å². The fraction of sp³-hybridized carbons (Fsp3) is 0.375. The Kier molecular flexibility index (Phi) is 10.7. The van der Waals surface area contributed by atoms with E-state index in [4.69, 9.17) is 0 Å². The van der Waals surface area contributed by atoms with E-state index in [-0.39, 0.29) is 26.2 Å². The summed E-state index contributed by atoms with van der Waals surface area (Å²) in [4.78, 5) is 0. The maximum Gasteiger partial charge on any atom is 2.00 e. The molecule has 2 fully saturated rings. The van der Waals surface area contributed by atoms with Crippen molar-refractivity contribution in [1.29, 1.82) is 0 Å². The van der Waals surface area contributed by atoms with Gasteiger partial charge in [-0.2, -0.15) is 10.4 Å². The largest absolute Gasteiger partial charge is 2.00 e. The van der Waals surface area contributed by atoms with Crippen molar-refractivity contribution in [2.75, 3.05) is 0 Å². The second kappa shape index (κ2) is 15.0. The van der Waals surface area contributed by atoms with E-state index >= 15 is 0 Å². The Hall–Kier alpha value is -2.80. The molecule has 2 aliphatic rings. The Morgan fingerprint density at radius 2 is 0.900 bits per heavy atom. The van der Waals surface area contributed by atoms with Crippen LogP contribution in [0.3, 0.4) is 0 Å². The maximum absolute atomic E-state index is 2.65. The standard InChI is InChI=1S/C48H54Si.Zr/c1-5-33-31-41-19-13-21-43(39-27-23-37(24-28-39)35-15-9-7-10-16-35)45(41)47(33)49(3,4)48-34(6-2)32-42-20-14-22-44(46(42)48)40-29-25-38(26-30-40)36-17-11-8-12-18-36;/h13-14,19-32,35-36H,5-12,15-18H2,1-4H3;/q-2;+2. The van der Waals surface area contributed by atoms with Crippen LogP contribution < -0.4 is 10.4 Å². The van der Waals surface area contributed by atoms with Gasteiger partial charge in [-0.3, -0.25) is 0 Å². The zero-order valence-corrected chi connectivity index (χ0v) is 34.3. The van der Waals surface area contributed by atoms with E-state index in [2.05, 4.69) is 124 Å². The van der Waals surface area contributed by atoms with Crippen molar-refractivity contribution in [1.82, 2.24) is 0 Å². The molecule has 8 rings (SSSR count). The molecule has 2 saturated carbocycles. The van der Waals surface area contributed by atoms with E-state index in [1.165, 1.54) is 119 Å². The van der Waals surface area contributed by atoms with Crippen molar-refractivity contribution < 1.29 is 26.2 Å². The predicted molar refractivity (Wildman–Crippen MR) is 217 cm³/mol. The summed E-state index contributed by atoms with van der Waals surface area (Å²) in [5.41, 5.74) is 11.7. The van der Waals surface area contributed by atoms with E-state index in [9.17, 15) is 0 Å². The quantitative estimate of drug-likeness (QED) is 0.107. The SMILES string of the molecule is CCc1[cH-]c2cccc(-c3ccc(C4CCCCC4)cc3)c2c1[Si](C)(C)c1c(CC)[cH-]c2cccc(-c3ccc(C4CCCCC4)cc3)c12.[Zr+2]. The van der Waals surface area contributed by atoms with Crippen LogP contribution in [0.15, 0.2) is 97.1 Å². The summed E-state index contributed by atoms with van der Waals surface area (Å²) in [5.74, 6) is 1.48. The molecule has 0 amide bonds. The minimum Gasteiger partial charge on any atom is -0.158 e. The average molecular weight is 750 g/mol. The van der Waals surface area contributed by atoms with Crippen molar-refractivity contribution in [3.8, 4) is 22.3 Å². The van der Waals surface area contributed by atoms with Crippen LogP contribution in [0, 0.1) is 0 Å². The van der Waals surface area contributed by atoms with Gasteiger partial charge in [0.15, 0.2) is 0 Å². The fourth-order valence-corrected chi connectivity index (χ4v) is 14.3. The first kappa shape index (κ1) is 35.6. The third kappa shape index (κ3) is 6.43. The van der Waals surface area contributed by atoms with Gasteiger partial charge in [-0.25, -0.2) is 0 Å². The number of rotatable bonds is 8. The molecule has 6 aromatic rings. The smallest absolute Gasteiger partial charge is 0.158 e. The molecular weight excluding hydrogens is 696 g/mol. The van der Waals surface area contributed by atoms with Crippen molar-refractivity contribution in [3.63, 3.8) is 0 Å². The van der Waals surface area contributed by atoms with E-state index in [0.717, 1.165) is 24.7 Å². The summed E-state index contributed by atoms with van der Waals surface area (Å²) in [6, 6.07) is 38.7. The summed E-state index contributed by atoms with van der Waals surface area (Å²) < 4.78 is 0. The molecule has 254 valence electrons. The van der Waals surface area contributed by atoms with Crippen LogP contribution >= 0.6 is 0 Å². The summed E-state index contributed by atoms with van der Waals surface area (Å²) in [6.45, 7) is 10.0. The van der Waals surface area contributed by atoms with Crippen LogP contribution in [-0.2, 0) is 39.0 Å². The van der Waals surface area contributed by atoms with E-state index < -0.39 is 8.07 Å². The van der Waals surface area contributed by atoms with Crippen LogP contribution in [0.4, 0.5) is 0 Å². The molecule has 0 heterocycles. The Labute approximate surface area is 321 Å². The zero-order valence-electron chi connectivity index (χ0n) is 30.9. The van der Waals surface area contributed by atoms with E-state index in [1.807, 2.05) is 0 Å². The summed E-state index contributed by atoms with van der Waals surface area (Å²) in [5, 5.41) is 9.14. The first-order chi connectivity index (χ1) is 24.0. The van der Waals surface area contributed by atoms with Crippen molar-refractivity contribution in [2.24, 2.45) is 0 Å². The Balaban J connectivity index is 0.00000392. The van der Waals surface area contributed by atoms with Crippen LogP contribution in [0.25, 0.3) is 43.8 Å². The number of fused-ring (bicyclic) bond motifs is 2. The third-order valence-electron chi connectivity index (χ3n) is 12.6. The summed E-state index contributed by atoms with van der Waals surface area (Å²) in [7, 11) is -2.21. The molecule has 2 aliphatic carbocycles. The van der Waals surface area contributed by atoms with Crippen LogP contribution in [0.5, 0.6) is 0 Å². The molecule has 0 N–H and O–H groups in total. The Morgan fingerprint density at radius 1 is 0.520 bits per heavy atom. The van der Waals surface area contributed by atoms with Gasteiger partial charge in [-0.15, -0.1) is 69.1 Å². The molecule has 0 spiro atoms. The molecular formula is C48H54SiZr. The number of hydrogen-bond acceptors (Lipinski definition) is 0. The Morgan fingerprint density at radius 3 is 1.26 bits per heavy atom. The predicted octanol–water partition coefficient (Wildman–Crippen LogP) is 12.8. The molecule has 2 heteroatoms. The van der Waals surface area contributed by atoms with Gasteiger partial charge in [0.25, 0.3) is 0 Å². The second-order valence-electron chi connectivity index (χ2n) is 15.9. The normalized spacial score (nSPS) is 16.2. The molecule has 0 aliphatic heterocycles. The van der Waals surface area contributed by atoms with Crippen LogP contribution in [-0.4, -0.2) is 8.07 Å². The Bertz CT molecular complexity index is 1910. The van der Waals surface area contributed by atoms with Gasteiger partial charge in [0, 0.05) is 8.07 Å². The topological polar surface area (TPSA) is 0 Å². The minimum atomic E-state index is -2.21. The van der Waals surface area contributed by atoms with Crippen molar-refractivity contribution in [2.45, 2.75) is 116 Å². The van der Waals surface area contributed by atoms with E-state index in [1.54, 1.807) is 21.5 Å². The van der Waals surface area contributed by atoms with Gasteiger partial charge < -0.3 is 0 Å². The van der Waals surface area contributed by atoms with E-state index in [0.29, 0.717) is 0 Å². The molecule has 50 heavy (non-hydrogen) atoms. The van der Waals surface area contributed by atoms with Gasteiger partial charge in [0.1, 0.15) is 0 Å². The first-order valence-corrected chi connectivity index (χ1v) is 22.6. The molecule has 0 radical (unpaired) electrons. The van der Waals surface area contributed by atoms with Gasteiger partial charge >= 0.3 is 26.2 Å². The number of aryl methyl sites for hydroxylation is 2. The minimum absolute atomic E-state index is 0. The molecule has 0 saturated heterocycles. The molecule has 0 bridgehead atoms. The summed E-state index contributed by atoms with van der Waals surface area (Å²) in [6.07, 6.45) is 15.9. The second-order valence-corrected chi connectivity index (χ2v) is 20.1. The molecule has 0 unspecified atom stereocenters. The van der Waals surface area contributed by atoms with Crippen molar-refractivity contribution >= 4 is 40.0 Å². The molecule has 0 atom stereocenters. The monoisotopic (exact) mass is 748 g/mol. The average Bonchev–Trinajstić information content (AvgIpc) is 3.75. The molecule has 6 aromatic carbocycles. The van der Waals surface area contributed by atoms with Crippen LogP contribution in [0.2, 0.25) is 13.1 Å². The maximum atomic E-state index is 2.65. The fourth-order valence-electron chi connectivity index (χ4n) is 10.1. The molecule has 0 nitrogen and oxygen atoms in total. The van der Waals surface area contributed by atoms with Gasteiger partial charge in [0.05, 0.1) is 0 Å². The number of hydrogen-bond donors (Lipinski definition) is 0. The van der Waals surface area contributed by atoms with Crippen LogP contribution in [0.1, 0.15) is 112 Å². The zero-order chi connectivity index (χ0) is 33.5. The number of benzene rings is 4. The molecule has 0 aromatic heterocycles. The van der Waals surface area contributed by atoms with Crippen molar-refractivity contribution in [3.05, 3.63) is 119 Å². The summed E-state index contributed by atoms with van der Waals surface area (Å²) >= 11 is 0. The third-order valence-corrected chi connectivity index (χ3v) is 16.2. The first-order valence-electron chi connectivity index (χ1n) is 19.6. The van der Waals surface area contributed by atoms with Gasteiger partial charge in [-0.05, 0) is 72.6 Å². The van der Waals surface area contributed by atoms with Gasteiger partial charge in [0.2, 0.25) is 0 Å².